The first-order valence-corrected chi connectivity index (χ1v) is 6.15. The number of nitrogen functional groups attached to an aromatic ring is 3. The number of nitrogens with two attached hydrogens (primary N) is 3. The molecule has 9 heteroatoms. The molecule has 0 aliphatic rings. The minimum absolute atomic E-state index is 0.0417. The van der Waals surface area contributed by atoms with Gasteiger partial charge in [-0.2, -0.15) is 15.0 Å². The van der Waals surface area contributed by atoms with Crippen molar-refractivity contribution < 1.29 is 9.46 Å². The average Bonchev–Trinajstić information content (AvgIpc) is 2.29. The van der Waals surface area contributed by atoms with E-state index < -0.39 is 8.03 Å². The first kappa shape index (κ1) is 13.9. The van der Waals surface area contributed by atoms with Gasteiger partial charge < -0.3 is 22.1 Å². The lowest BCUT2D eigenvalue weighted by molar-refractivity contribution is 0.513. The molecule has 1 unspecified atom stereocenters. The highest BCUT2D eigenvalue weighted by Gasteiger charge is 1.94. The molecule has 0 fully saturated rings. The number of nitrogens with zero attached hydrogens (tertiary/aromatic N) is 3. The third kappa shape index (κ3) is 4.77. The zero-order valence-corrected chi connectivity index (χ0v) is 10.3. The highest BCUT2D eigenvalue weighted by atomic mass is 31.1. The topological polar surface area (TPSA) is 154 Å². The molecular formula is C9H13N6O2P. The first-order chi connectivity index (χ1) is 8.49. The predicted molar refractivity (Wildman–Crippen MR) is 70.4 cm³/mol. The molecule has 0 amide bonds. The van der Waals surface area contributed by atoms with Crippen LogP contribution in [0.1, 0.15) is 0 Å². The van der Waals surface area contributed by atoms with Gasteiger partial charge in [-0.1, -0.05) is 18.2 Å². The largest absolute Gasteiger partial charge is 0.368 e. The molecule has 0 aliphatic carbocycles. The van der Waals surface area contributed by atoms with E-state index >= 15 is 0 Å². The van der Waals surface area contributed by atoms with E-state index in [1.165, 1.54) is 0 Å². The summed E-state index contributed by atoms with van der Waals surface area (Å²) in [6, 6.07) is 8.58. The second-order valence-electron chi connectivity index (χ2n) is 3.08. The summed E-state index contributed by atoms with van der Waals surface area (Å²) < 4.78 is 10.4. The van der Waals surface area contributed by atoms with Crippen molar-refractivity contribution in [1.82, 2.24) is 15.0 Å². The summed E-state index contributed by atoms with van der Waals surface area (Å²) in [5.74, 6) is 0.125. The Labute approximate surface area is 104 Å². The van der Waals surface area contributed by atoms with Gasteiger partial charge in [-0.25, -0.2) is 0 Å². The van der Waals surface area contributed by atoms with E-state index in [0.29, 0.717) is 5.30 Å². The van der Waals surface area contributed by atoms with Gasteiger partial charge in [0, 0.05) is 5.30 Å². The molecule has 1 heterocycles. The molecule has 0 bridgehead atoms. The fourth-order valence-corrected chi connectivity index (χ4v) is 1.49. The summed E-state index contributed by atoms with van der Waals surface area (Å²) in [7, 11) is -2.46. The van der Waals surface area contributed by atoms with Crippen molar-refractivity contribution in [3.8, 4) is 0 Å². The van der Waals surface area contributed by atoms with Crippen molar-refractivity contribution in [2.45, 2.75) is 0 Å². The van der Waals surface area contributed by atoms with Gasteiger partial charge in [-0.05, 0) is 12.1 Å². The summed E-state index contributed by atoms with van der Waals surface area (Å²) in [6.07, 6.45) is 0. The SMILES string of the molecule is Nc1nc(N)nc(N)n1.O=[PH](O)c1ccccc1. The zero-order chi connectivity index (χ0) is 13.5. The molecule has 1 aromatic carbocycles. The second-order valence-corrected chi connectivity index (χ2v) is 4.27. The fourth-order valence-electron chi connectivity index (χ4n) is 1.01. The van der Waals surface area contributed by atoms with Crippen LogP contribution in [-0.2, 0) is 4.57 Å². The third-order valence-electron chi connectivity index (χ3n) is 1.71. The third-order valence-corrected chi connectivity index (χ3v) is 2.54. The summed E-state index contributed by atoms with van der Waals surface area (Å²) >= 11 is 0. The number of hydrogen-bond donors (Lipinski definition) is 4. The van der Waals surface area contributed by atoms with Crippen molar-refractivity contribution in [1.29, 1.82) is 0 Å². The van der Waals surface area contributed by atoms with E-state index in [1.807, 2.05) is 6.07 Å². The Balaban J connectivity index is 0.000000180. The summed E-state index contributed by atoms with van der Waals surface area (Å²) in [4.78, 5) is 19.0. The number of benzene rings is 1. The van der Waals surface area contributed by atoms with Gasteiger partial charge >= 0.3 is 0 Å². The Bertz CT molecular complexity index is 485. The van der Waals surface area contributed by atoms with Gasteiger partial charge in [0.05, 0.1) is 0 Å². The predicted octanol–water partition coefficient (Wildman–Crippen LogP) is -0.603. The van der Waals surface area contributed by atoms with Crippen molar-refractivity contribution in [3.05, 3.63) is 30.3 Å². The maximum atomic E-state index is 10.4. The Kier molecular flexibility index (Phi) is 5.04. The van der Waals surface area contributed by atoms with Crippen LogP contribution in [0.2, 0.25) is 0 Å². The van der Waals surface area contributed by atoms with Crippen LogP contribution in [0, 0.1) is 0 Å². The lowest BCUT2D eigenvalue weighted by Gasteiger charge is -1.93. The van der Waals surface area contributed by atoms with Crippen LogP contribution >= 0.6 is 8.03 Å². The van der Waals surface area contributed by atoms with Gasteiger partial charge in [0.25, 0.3) is 0 Å². The van der Waals surface area contributed by atoms with Gasteiger partial charge in [-0.3, -0.25) is 4.57 Å². The highest BCUT2D eigenvalue weighted by Crippen LogP contribution is 2.10. The van der Waals surface area contributed by atoms with E-state index in [1.54, 1.807) is 24.3 Å². The molecule has 0 saturated heterocycles. The van der Waals surface area contributed by atoms with E-state index in [4.69, 9.17) is 22.1 Å². The molecule has 8 nitrogen and oxygen atoms in total. The Hall–Kier alpha value is -2.18. The highest BCUT2D eigenvalue weighted by molar-refractivity contribution is 7.47. The standard InChI is InChI=1S/C6H7O2P.C3H6N6/c7-9(8)6-4-2-1-3-5-6;4-1-7-2(5)9-3(6)8-1/h1-5,9H,(H,7,8);(H6,4,5,6,7,8,9). The van der Waals surface area contributed by atoms with Crippen LogP contribution in [0.25, 0.3) is 0 Å². The Morgan fingerprint density at radius 2 is 1.28 bits per heavy atom. The van der Waals surface area contributed by atoms with Gasteiger partial charge in [0.2, 0.25) is 25.9 Å². The number of hydrogen-bond acceptors (Lipinski definition) is 7. The first-order valence-electron chi connectivity index (χ1n) is 4.80. The van der Waals surface area contributed by atoms with E-state index in [9.17, 15) is 4.57 Å². The monoisotopic (exact) mass is 268 g/mol. The maximum absolute atomic E-state index is 10.4. The molecule has 2 aromatic rings. The lowest BCUT2D eigenvalue weighted by atomic mass is 10.4. The van der Waals surface area contributed by atoms with Crippen molar-refractivity contribution in [2.75, 3.05) is 17.2 Å². The quantitative estimate of drug-likeness (QED) is 0.499. The Morgan fingerprint density at radius 3 is 1.56 bits per heavy atom. The summed E-state index contributed by atoms with van der Waals surface area (Å²) in [6.45, 7) is 0. The molecule has 1 aromatic heterocycles. The molecule has 96 valence electrons. The van der Waals surface area contributed by atoms with E-state index in [0.717, 1.165) is 0 Å². The van der Waals surface area contributed by atoms with Crippen LogP contribution in [0.3, 0.4) is 0 Å². The van der Waals surface area contributed by atoms with Crippen LogP contribution in [0.4, 0.5) is 17.8 Å². The van der Waals surface area contributed by atoms with Crippen molar-refractivity contribution >= 4 is 31.2 Å². The minimum atomic E-state index is -2.46. The van der Waals surface area contributed by atoms with Crippen molar-refractivity contribution in [2.24, 2.45) is 0 Å². The minimum Gasteiger partial charge on any atom is -0.368 e. The van der Waals surface area contributed by atoms with Crippen LogP contribution < -0.4 is 22.5 Å². The average molecular weight is 268 g/mol. The van der Waals surface area contributed by atoms with Crippen LogP contribution in [0.15, 0.2) is 30.3 Å². The molecule has 0 radical (unpaired) electrons. The Morgan fingerprint density at radius 1 is 0.889 bits per heavy atom. The maximum Gasteiger partial charge on any atom is 0.226 e. The summed E-state index contributed by atoms with van der Waals surface area (Å²) in [5, 5.41) is 0.516. The molecule has 0 aliphatic heterocycles. The normalized spacial score (nSPS) is 11.2. The molecule has 18 heavy (non-hydrogen) atoms. The van der Waals surface area contributed by atoms with Gasteiger partial charge in [-0.15, -0.1) is 0 Å². The molecule has 1 atom stereocenters. The van der Waals surface area contributed by atoms with E-state index in [2.05, 4.69) is 15.0 Å². The lowest BCUT2D eigenvalue weighted by Crippen LogP contribution is -2.05. The van der Waals surface area contributed by atoms with Crippen molar-refractivity contribution in [3.63, 3.8) is 0 Å². The zero-order valence-electron chi connectivity index (χ0n) is 9.32. The van der Waals surface area contributed by atoms with Gasteiger partial charge in [0.15, 0.2) is 0 Å². The molecule has 0 saturated carbocycles. The molecule has 2 rings (SSSR count). The molecule has 7 N–H and O–H groups in total. The molecular weight excluding hydrogens is 255 g/mol. The summed E-state index contributed by atoms with van der Waals surface area (Å²) in [5.41, 5.74) is 15.4. The smallest absolute Gasteiger partial charge is 0.226 e. The second kappa shape index (κ2) is 6.53. The number of anilines is 3. The number of aromatic nitrogens is 3. The van der Waals surface area contributed by atoms with Gasteiger partial charge in [0.1, 0.15) is 0 Å². The molecule has 0 spiro atoms. The van der Waals surface area contributed by atoms with E-state index in [-0.39, 0.29) is 17.8 Å². The fraction of sp³-hybridized carbons (Fsp3) is 0. The van der Waals surface area contributed by atoms with Crippen LogP contribution in [0.5, 0.6) is 0 Å². The number of rotatable bonds is 1. The van der Waals surface area contributed by atoms with Crippen LogP contribution in [-0.4, -0.2) is 19.8 Å².